The lowest BCUT2D eigenvalue weighted by atomic mass is 10.0. The number of carboxylic acids is 1. The molecule has 2 aromatic carbocycles. The van der Waals surface area contributed by atoms with Gasteiger partial charge in [0, 0.05) is 12.1 Å². The number of urea groups is 1. The van der Waals surface area contributed by atoms with Crippen LogP contribution in [-0.2, 0) is 25.6 Å². The maximum absolute atomic E-state index is 13.8. The van der Waals surface area contributed by atoms with Crippen molar-refractivity contribution in [2.45, 2.75) is 97.2 Å². The third-order valence-corrected chi connectivity index (χ3v) is 7.07. The minimum Gasteiger partial charge on any atom is -0.497 e. The van der Waals surface area contributed by atoms with Crippen molar-refractivity contribution in [1.29, 1.82) is 0 Å². The SMILES string of the molecule is COc1ccc(CO[C@H](CCCC(=O)O)C[C@@H]2CN(C(=O)Nc3ccc(OC)cc3)/C(=N/C(=O)OC(C)(C)C)N2C(=O)OC(C)(C)C)cc1. The topological polar surface area (TPSA) is 166 Å². The molecule has 0 saturated carbocycles. The van der Waals surface area contributed by atoms with Crippen LogP contribution in [0, 0.1) is 0 Å². The monoisotopic (exact) mass is 684 g/mol. The fourth-order valence-corrected chi connectivity index (χ4v) is 4.90. The highest BCUT2D eigenvalue weighted by molar-refractivity contribution is 6.10. The first-order valence-electron chi connectivity index (χ1n) is 16.0. The number of ether oxygens (including phenoxy) is 5. The molecular formula is C35H48N4O10. The number of rotatable bonds is 12. The lowest BCUT2D eigenvalue weighted by Gasteiger charge is -2.29. The van der Waals surface area contributed by atoms with Crippen LogP contribution in [0.25, 0.3) is 0 Å². The average molecular weight is 685 g/mol. The fraction of sp³-hybridized carbons (Fsp3) is 0.514. The minimum atomic E-state index is -1.01. The zero-order valence-corrected chi connectivity index (χ0v) is 29.5. The smallest absolute Gasteiger partial charge is 0.437 e. The summed E-state index contributed by atoms with van der Waals surface area (Å²) in [4.78, 5) is 58.5. The van der Waals surface area contributed by atoms with Gasteiger partial charge in [-0.15, -0.1) is 4.99 Å². The molecule has 0 unspecified atom stereocenters. The van der Waals surface area contributed by atoms with Crippen LogP contribution in [0.1, 0.15) is 72.8 Å². The predicted octanol–water partition coefficient (Wildman–Crippen LogP) is 6.68. The molecular weight excluding hydrogens is 636 g/mol. The molecule has 4 amide bonds. The molecule has 2 atom stereocenters. The highest BCUT2D eigenvalue weighted by Gasteiger charge is 2.46. The largest absolute Gasteiger partial charge is 0.497 e. The van der Waals surface area contributed by atoms with Crippen molar-refractivity contribution in [2.75, 3.05) is 26.1 Å². The lowest BCUT2D eigenvalue weighted by molar-refractivity contribution is -0.137. The van der Waals surface area contributed by atoms with Gasteiger partial charge in [-0.3, -0.25) is 9.69 Å². The van der Waals surface area contributed by atoms with Crippen molar-refractivity contribution < 1.29 is 48.0 Å². The zero-order valence-electron chi connectivity index (χ0n) is 29.5. The van der Waals surface area contributed by atoms with Crippen molar-refractivity contribution >= 4 is 35.8 Å². The summed E-state index contributed by atoms with van der Waals surface area (Å²) in [6, 6.07) is 12.5. The maximum atomic E-state index is 13.8. The Hall–Kier alpha value is -4.85. The molecule has 0 aliphatic carbocycles. The molecule has 14 nitrogen and oxygen atoms in total. The summed E-state index contributed by atoms with van der Waals surface area (Å²) < 4.78 is 27.9. The number of nitrogens with zero attached hydrogens (tertiary/aromatic N) is 3. The Kier molecular flexibility index (Phi) is 13.4. The zero-order chi connectivity index (χ0) is 36.4. The first kappa shape index (κ1) is 38.6. The Balaban J connectivity index is 2.01. The second kappa shape index (κ2) is 17.0. The minimum absolute atomic E-state index is 0.0788. The molecule has 268 valence electrons. The van der Waals surface area contributed by atoms with Gasteiger partial charge in [-0.25, -0.2) is 19.3 Å². The van der Waals surface area contributed by atoms with E-state index >= 15 is 0 Å². The van der Waals surface area contributed by atoms with Gasteiger partial charge in [0.15, 0.2) is 0 Å². The molecule has 0 aromatic heterocycles. The van der Waals surface area contributed by atoms with E-state index in [1.54, 1.807) is 85.1 Å². The molecule has 0 spiro atoms. The van der Waals surface area contributed by atoms with Crippen molar-refractivity contribution in [1.82, 2.24) is 9.80 Å². The fourth-order valence-electron chi connectivity index (χ4n) is 4.90. The van der Waals surface area contributed by atoms with Crippen molar-refractivity contribution in [3.05, 3.63) is 54.1 Å². The van der Waals surface area contributed by atoms with Gasteiger partial charge in [-0.2, -0.15) is 0 Å². The van der Waals surface area contributed by atoms with E-state index < -0.39 is 47.5 Å². The third kappa shape index (κ3) is 12.6. The first-order chi connectivity index (χ1) is 23.0. The van der Waals surface area contributed by atoms with Gasteiger partial charge in [0.25, 0.3) is 0 Å². The number of anilines is 1. The van der Waals surface area contributed by atoms with Crippen molar-refractivity contribution in [2.24, 2.45) is 4.99 Å². The number of nitrogens with one attached hydrogen (secondary N) is 1. The normalized spacial score (nSPS) is 16.2. The maximum Gasteiger partial charge on any atom is 0.437 e. The molecule has 3 rings (SSSR count). The molecule has 2 N–H and O–H groups in total. The molecule has 2 aromatic rings. The van der Waals surface area contributed by atoms with Crippen LogP contribution >= 0.6 is 0 Å². The number of carbonyl (C=O) groups is 4. The summed E-state index contributed by atoms with van der Waals surface area (Å²) in [5.74, 6) is 0.0499. The van der Waals surface area contributed by atoms with Crippen molar-refractivity contribution in [3.63, 3.8) is 0 Å². The lowest BCUT2D eigenvalue weighted by Crippen LogP contribution is -2.46. The summed E-state index contributed by atoms with van der Waals surface area (Å²) in [6.45, 7) is 10.2. The van der Waals surface area contributed by atoms with Crippen LogP contribution in [0.3, 0.4) is 0 Å². The summed E-state index contributed by atoms with van der Waals surface area (Å²) >= 11 is 0. The van der Waals surface area contributed by atoms with Crippen LogP contribution in [0.2, 0.25) is 0 Å². The van der Waals surface area contributed by atoms with Crippen LogP contribution in [0.15, 0.2) is 53.5 Å². The predicted molar refractivity (Wildman–Crippen MR) is 182 cm³/mol. The van der Waals surface area contributed by atoms with Gasteiger partial charge < -0.3 is 34.1 Å². The molecule has 1 fully saturated rings. The number of carbonyl (C=O) groups excluding carboxylic acids is 3. The molecule has 1 aliphatic heterocycles. The van der Waals surface area contributed by atoms with Crippen LogP contribution in [0.5, 0.6) is 11.5 Å². The van der Waals surface area contributed by atoms with E-state index in [2.05, 4.69) is 10.3 Å². The van der Waals surface area contributed by atoms with E-state index in [1.165, 1.54) is 16.9 Å². The van der Waals surface area contributed by atoms with Crippen LogP contribution in [-0.4, -0.2) is 89.2 Å². The third-order valence-electron chi connectivity index (χ3n) is 7.07. The van der Waals surface area contributed by atoms with Crippen LogP contribution < -0.4 is 14.8 Å². The highest BCUT2D eigenvalue weighted by atomic mass is 16.6. The highest BCUT2D eigenvalue weighted by Crippen LogP contribution is 2.28. The van der Waals surface area contributed by atoms with Gasteiger partial charge in [-0.1, -0.05) is 12.1 Å². The number of aliphatic imine (C=N–C) groups is 1. The van der Waals surface area contributed by atoms with E-state index in [0.29, 0.717) is 30.0 Å². The quantitative estimate of drug-likeness (QED) is 0.246. The molecule has 1 aliphatic rings. The molecule has 1 saturated heterocycles. The number of aliphatic carboxylic acids is 1. The first-order valence-corrected chi connectivity index (χ1v) is 16.0. The Morgan fingerprint density at radius 3 is 2.00 bits per heavy atom. The number of benzene rings is 2. The van der Waals surface area contributed by atoms with Crippen molar-refractivity contribution in [3.8, 4) is 11.5 Å². The van der Waals surface area contributed by atoms with Gasteiger partial charge in [0.1, 0.15) is 22.7 Å². The molecule has 1 heterocycles. The summed E-state index contributed by atoms with van der Waals surface area (Å²) in [6.07, 6.45) is -1.66. The number of hydrogen-bond donors (Lipinski definition) is 2. The molecule has 0 radical (unpaired) electrons. The van der Waals surface area contributed by atoms with E-state index in [9.17, 15) is 24.3 Å². The number of hydrogen-bond acceptors (Lipinski definition) is 9. The standard InChI is InChI=1S/C35H48N4O10/c1-34(2,3)48-32(43)37-30-38(31(42)36-24-14-18-27(46-8)19-15-24)21-25(39(30)33(44)49-35(4,5)6)20-28(10-9-11-29(40)41)47-22-23-12-16-26(45-7)17-13-23/h12-19,25,28H,9-11,20-22H2,1-8H3,(H,36,42)(H,40,41)/b37-30-/t25-,28-/m1/s1. The Labute approximate surface area is 287 Å². The van der Waals surface area contributed by atoms with Gasteiger partial charge >= 0.3 is 24.2 Å². The van der Waals surface area contributed by atoms with E-state index in [-0.39, 0.29) is 32.0 Å². The van der Waals surface area contributed by atoms with Gasteiger partial charge in [0.05, 0.1) is 39.5 Å². The van der Waals surface area contributed by atoms with E-state index in [4.69, 9.17) is 23.7 Å². The summed E-state index contributed by atoms with van der Waals surface area (Å²) in [5.41, 5.74) is -0.545. The Morgan fingerprint density at radius 2 is 1.47 bits per heavy atom. The van der Waals surface area contributed by atoms with Gasteiger partial charge in [-0.05, 0) is 103 Å². The van der Waals surface area contributed by atoms with E-state index in [0.717, 1.165) is 5.56 Å². The second-order valence-corrected chi connectivity index (χ2v) is 13.5. The second-order valence-electron chi connectivity index (χ2n) is 13.5. The average Bonchev–Trinajstić information content (AvgIpc) is 3.35. The number of carboxylic acid groups (broad SMARTS) is 1. The molecule has 14 heteroatoms. The Morgan fingerprint density at radius 1 is 0.898 bits per heavy atom. The Bertz CT molecular complexity index is 1460. The number of methoxy groups -OCH3 is 2. The molecule has 0 bridgehead atoms. The van der Waals surface area contributed by atoms with E-state index in [1.807, 2.05) is 12.1 Å². The summed E-state index contributed by atoms with van der Waals surface area (Å²) in [7, 11) is 3.10. The molecule has 49 heavy (non-hydrogen) atoms. The van der Waals surface area contributed by atoms with Gasteiger partial charge in [0.2, 0.25) is 5.96 Å². The number of guanidine groups is 1. The van der Waals surface area contributed by atoms with Crippen LogP contribution in [0.4, 0.5) is 20.1 Å². The summed E-state index contributed by atoms with van der Waals surface area (Å²) in [5, 5.41) is 12.1. The number of amides is 4.